The van der Waals surface area contributed by atoms with Gasteiger partial charge in [-0.15, -0.1) is 0 Å². The van der Waals surface area contributed by atoms with Gasteiger partial charge in [-0.3, -0.25) is 9.69 Å². The van der Waals surface area contributed by atoms with Crippen LogP contribution in [-0.2, 0) is 9.53 Å². The summed E-state index contributed by atoms with van der Waals surface area (Å²) < 4.78 is 42.5. The normalized spacial score (nSPS) is 18.7. The van der Waals surface area contributed by atoms with E-state index in [1.54, 1.807) is 0 Å². The van der Waals surface area contributed by atoms with Crippen LogP contribution in [0.2, 0.25) is 0 Å². The lowest BCUT2D eigenvalue weighted by Crippen LogP contribution is -2.53. The fourth-order valence-corrected chi connectivity index (χ4v) is 2.01. The maximum atomic E-state index is 12.5. The molecule has 0 aliphatic carbocycles. The van der Waals surface area contributed by atoms with Gasteiger partial charge in [-0.25, -0.2) is 0 Å². The largest absolute Gasteiger partial charge is 0.401 e. The van der Waals surface area contributed by atoms with Crippen molar-refractivity contribution < 1.29 is 22.7 Å². The average molecular weight is 283 g/mol. The Labute approximate surface area is 110 Å². The molecule has 5 nitrogen and oxygen atoms in total. The summed E-state index contributed by atoms with van der Waals surface area (Å²) in [6.45, 7) is 2.18. The van der Waals surface area contributed by atoms with E-state index in [1.165, 1.54) is 11.8 Å². The van der Waals surface area contributed by atoms with Crippen molar-refractivity contribution in [2.24, 2.45) is 5.73 Å². The zero-order valence-electron chi connectivity index (χ0n) is 10.9. The third-order valence-corrected chi connectivity index (χ3v) is 3.03. The highest BCUT2D eigenvalue weighted by Crippen LogP contribution is 2.18. The second kappa shape index (κ2) is 7.06. The van der Waals surface area contributed by atoms with Crippen molar-refractivity contribution in [3.63, 3.8) is 0 Å². The molecule has 8 heteroatoms. The molecule has 112 valence electrons. The number of carbonyl (C=O) groups excluding carboxylic acids is 1. The number of halogens is 3. The zero-order chi connectivity index (χ0) is 14.5. The van der Waals surface area contributed by atoms with E-state index in [4.69, 9.17) is 10.5 Å². The Morgan fingerprint density at radius 2 is 2.00 bits per heavy atom. The van der Waals surface area contributed by atoms with Gasteiger partial charge in [0.05, 0.1) is 25.8 Å². The SMILES string of the molecule is CC(C(=O)N1CCOCC1)N(CCN)CC(F)(F)F. The molecule has 2 N–H and O–H groups in total. The molecule has 19 heavy (non-hydrogen) atoms. The van der Waals surface area contributed by atoms with E-state index >= 15 is 0 Å². The highest BCUT2D eigenvalue weighted by Gasteiger charge is 2.35. The predicted octanol–water partition coefficient (Wildman–Crippen LogP) is 0.0567. The van der Waals surface area contributed by atoms with Gasteiger partial charge >= 0.3 is 6.18 Å². The average Bonchev–Trinajstić information content (AvgIpc) is 2.36. The molecule has 0 aromatic rings. The van der Waals surface area contributed by atoms with Gasteiger partial charge in [0.2, 0.25) is 5.91 Å². The minimum atomic E-state index is -4.34. The van der Waals surface area contributed by atoms with E-state index < -0.39 is 18.8 Å². The van der Waals surface area contributed by atoms with E-state index in [2.05, 4.69) is 0 Å². The quantitative estimate of drug-likeness (QED) is 0.775. The van der Waals surface area contributed by atoms with E-state index in [1.807, 2.05) is 0 Å². The molecule has 1 atom stereocenters. The van der Waals surface area contributed by atoms with Gasteiger partial charge < -0.3 is 15.4 Å². The molecule has 1 saturated heterocycles. The van der Waals surface area contributed by atoms with Crippen LogP contribution >= 0.6 is 0 Å². The molecule has 0 aromatic carbocycles. The first-order valence-corrected chi connectivity index (χ1v) is 6.22. The Balaban J connectivity index is 2.63. The summed E-state index contributed by atoms with van der Waals surface area (Å²) in [5.41, 5.74) is 5.31. The highest BCUT2D eigenvalue weighted by atomic mass is 19.4. The molecular weight excluding hydrogens is 263 g/mol. The number of alkyl halides is 3. The Bertz CT molecular complexity index is 293. The van der Waals surface area contributed by atoms with Crippen LogP contribution in [0.25, 0.3) is 0 Å². The fourth-order valence-electron chi connectivity index (χ4n) is 2.01. The minimum Gasteiger partial charge on any atom is -0.378 e. The number of rotatable bonds is 5. The van der Waals surface area contributed by atoms with Gasteiger partial charge in [0.15, 0.2) is 0 Å². The second-order valence-corrected chi connectivity index (χ2v) is 4.49. The summed E-state index contributed by atoms with van der Waals surface area (Å²) in [5, 5.41) is 0. The van der Waals surface area contributed by atoms with Gasteiger partial charge in [-0.2, -0.15) is 13.2 Å². The molecule has 0 aromatic heterocycles. The summed E-state index contributed by atoms with van der Waals surface area (Å²) in [6, 6.07) is -0.830. The van der Waals surface area contributed by atoms with Crippen LogP contribution in [0.15, 0.2) is 0 Å². The summed E-state index contributed by atoms with van der Waals surface area (Å²) >= 11 is 0. The Kier molecular flexibility index (Phi) is 6.02. The summed E-state index contributed by atoms with van der Waals surface area (Å²) in [5.74, 6) is -0.305. The van der Waals surface area contributed by atoms with Gasteiger partial charge in [0, 0.05) is 26.2 Å². The van der Waals surface area contributed by atoms with E-state index in [0.717, 1.165) is 4.90 Å². The Hall–Kier alpha value is -0.860. The Morgan fingerprint density at radius 3 is 2.47 bits per heavy atom. The zero-order valence-corrected chi connectivity index (χ0v) is 10.9. The molecule has 0 saturated carbocycles. The van der Waals surface area contributed by atoms with Crippen LogP contribution in [0.1, 0.15) is 6.92 Å². The van der Waals surface area contributed by atoms with E-state index in [0.29, 0.717) is 26.3 Å². The number of hydrogen-bond donors (Lipinski definition) is 1. The molecule has 0 radical (unpaired) electrons. The Morgan fingerprint density at radius 1 is 1.42 bits per heavy atom. The van der Waals surface area contributed by atoms with Crippen molar-refractivity contribution in [2.75, 3.05) is 45.9 Å². The lowest BCUT2D eigenvalue weighted by atomic mass is 10.2. The van der Waals surface area contributed by atoms with E-state index in [9.17, 15) is 18.0 Å². The standard InChI is InChI=1S/C11H20F3N3O2/c1-9(10(18)16-4-6-19-7-5-16)17(3-2-15)8-11(12,13)14/h9H,2-8,15H2,1H3. The number of carbonyl (C=O) groups is 1. The van der Waals surface area contributed by atoms with Crippen molar-refractivity contribution in [1.29, 1.82) is 0 Å². The van der Waals surface area contributed by atoms with Crippen LogP contribution in [-0.4, -0.2) is 73.9 Å². The molecule has 0 spiro atoms. The van der Waals surface area contributed by atoms with Crippen LogP contribution in [0.3, 0.4) is 0 Å². The first-order chi connectivity index (χ1) is 8.85. The van der Waals surface area contributed by atoms with Crippen molar-refractivity contribution in [3.05, 3.63) is 0 Å². The lowest BCUT2D eigenvalue weighted by molar-refractivity contribution is -0.159. The van der Waals surface area contributed by atoms with Gasteiger partial charge in [0.25, 0.3) is 0 Å². The molecule has 0 bridgehead atoms. The third-order valence-electron chi connectivity index (χ3n) is 3.03. The molecule has 1 amide bonds. The number of nitrogens with two attached hydrogens (primary N) is 1. The van der Waals surface area contributed by atoms with Gasteiger partial charge in [-0.1, -0.05) is 0 Å². The van der Waals surface area contributed by atoms with Crippen molar-refractivity contribution in [2.45, 2.75) is 19.1 Å². The molecule has 1 aliphatic rings. The maximum absolute atomic E-state index is 12.5. The summed E-state index contributed by atoms with van der Waals surface area (Å²) in [6.07, 6.45) is -4.34. The van der Waals surface area contributed by atoms with Gasteiger partial charge in [0.1, 0.15) is 0 Å². The summed E-state index contributed by atoms with van der Waals surface area (Å²) in [7, 11) is 0. The van der Waals surface area contributed by atoms with Gasteiger partial charge in [-0.05, 0) is 6.92 Å². The van der Waals surface area contributed by atoms with Crippen LogP contribution in [0, 0.1) is 0 Å². The molecule has 1 heterocycles. The number of ether oxygens (including phenoxy) is 1. The van der Waals surface area contributed by atoms with Crippen molar-refractivity contribution in [3.8, 4) is 0 Å². The number of morpholine rings is 1. The molecule has 1 rings (SSSR count). The number of amides is 1. The van der Waals surface area contributed by atoms with E-state index in [-0.39, 0.29) is 19.0 Å². The van der Waals surface area contributed by atoms with Crippen LogP contribution < -0.4 is 5.73 Å². The topological polar surface area (TPSA) is 58.8 Å². The molecule has 1 unspecified atom stereocenters. The van der Waals surface area contributed by atoms with Crippen LogP contribution in [0.4, 0.5) is 13.2 Å². The first kappa shape index (κ1) is 16.2. The second-order valence-electron chi connectivity index (χ2n) is 4.49. The highest BCUT2D eigenvalue weighted by molar-refractivity contribution is 5.81. The molecular formula is C11H20F3N3O2. The molecule has 1 fully saturated rings. The number of hydrogen-bond acceptors (Lipinski definition) is 4. The first-order valence-electron chi connectivity index (χ1n) is 6.22. The number of nitrogens with zero attached hydrogens (tertiary/aromatic N) is 2. The smallest absolute Gasteiger partial charge is 0.378 e. The van der Waals surface area contributed by atoms with Crippen molar-refractivity contribution >= 4 is 5.91 Å². The maximum Gasteiger partial charge on any atom is 0.401 e. The predicted molar refractivity (Wildman–Crippen MR) is 63.5 cm³/mol. The lowest BCUT2D eigenvalue weighted by Gasteiger charge is -2.34. The minimum absolute atomic E-state index is 0.0384. The summed E-state index contributed by atoms with van der Waals surface area (Å²) in [4.78, 5) is 14.7. The van der Waals surface area contributed by atoms with Crippen molar-refractivity contribution in [1.82, 2.24) is 9.80 Å². The monoisotopic (exact) mass is 283 g/mol. The van der Waals surface area contributed by atoms with Crippen LogP contribution in [0.5, 0.6) is 0 Å². The molecule has 1 aliphatic heterocycles. The fraction of sp³-hybridized carbons (Fsp3) is 0.909. The third kappa shape index (κ3) is 5.33.